The van der Waals surface area contributed by atoms with E-state index < -0.39 is 6.16 Å². The summed E-state index contributed by atoms with van der Waals surface area (Å²) in [6.45, 7) is 0.950. The van der Waals surface area contributed by atoms with Crippen LogP contribution in [0.15, 0.2) is 0 Å². The molecule has 0 amide bonds. The maximum atomic E-state index is 9.72. The standard InChI is InChI=1S/C6H13NO4/c7-4-2-1-3-5-10-11-6(8)9/h1-5,7H2,(H,8,9). The molecule has 0 spiro atoms. The molecule has 0 rings (SSSR count). The SMILES string of the molecule is NCCCCCOOC(=O)O. The lowest BCUT2D eigenvalue weighted by Gasteiger charge is -1.98. The first-order valence-electron chi connectivity index (χ1n) is 3.50. The van der Waals surface area contributed by atoms with E-state index in [-0.39, 0.29) is 0 Å². The van der Waals surface area contributed by atoms with Gasteiger partial charge < -0.3 is 10.8 Å². The van der Waals surface area contributed by atoms with Gasteiger partial charge in [0.05, 0.1) is 6.61 Å². The van der Waals surface area contributed by atoms with Gasteiger partial charge in [0.2, 0.25) is 0 Å². The first-order chi connectivity index (χ1) is 5.27. The highest BCUT2D eigenvalue weighted by molar-refractivity contribution is 5.55. The lowest BCUT2D eigenvalue weighted by atomic mass is 10.2. The van der Waals surface area contributed by atoms with E-state index in [2.05, 4.69) is 9.78 Å². The normalized spacial score (nSPS) is 9.55. The molecular formula is C6H13NO4. The topological polar surface area (TPSA) is 81.8 Å². The molecule has 66 valence electrons. The molecule has 3 N–H and O–H groups in total. The number of nitrogens with two attached hydrogens (primary N) is 1. The van der Waals surface area contributed by atoms with Gasteiger partial charge in [-0.2, -0.15) is 4.89 Å². The molecule has 0 aliphatic carbocycles. The summed E-state index contributed by atoms with van der Waals surface area (Å²) < 4.78 is 0. The molecule has 0 aromatic carbocycles. The molecule has 0 saturated carbocycles. The summed E-state index contributed by atoms with van der Waals surface area (Å²) in [5.41, 5.74) is 5.23. The molecule has 0 heterocycles. The van der Waals surface area contributed by atoms with E-state index in [9.17, 15) is 4.79 Å². The average molecular weight is 163 g/mol. The highest BCUT2D eigenvalue weighted by Gasteiger charge is 1.95. The fourth-order valence-corrected chi connectivity index (χ4v) is 0.574. The molecule has 0 unspecified atom stereocenters. The van der Waals surface area contributed by atoms with Crippen LogP contribution in [0.3, 0.4) is 0 Å². The number of hydrogen-bond donors (Lipinski definition) is 2. The van der Waals surface area contributed by atoms with Crippen LogP contribution in [-0.2, 0) is 9.78 Å². The van der Waals surface area contributed by atoms with E-state index >= 15 is 0 Å². The Morgan fingerprint density at radius 2 is 2.09 bits per heavy atom. The Hall–Kier alpha value is -0.810. The molecule has 5 nitrogen and oxygen atoms in total. The van der Waals surface area contributed by atoms with Crippen LogP contribution >= 0.6 is 0 Å². The Labute approximate surface area is 65.0 Å². The van der Waals surface area contributed by atoms with Gasteiger partial charge in [0, 0.05) is 0 Å². The minimum Gasteiger partial charge on any atom is -0.448 e. The summed E-state index contributed by atoms with van der Waals surface area (Å²) in [5, 5.41) is 7.95. The van der Waals surface area contributed by atoms with Crippen molar-refractivity contribution in [2.45, 2.75) is 19.3 Å². The second kappa shape index (κ2) is 7.30. The van der Waals surface area contributed by atoms with Gasteiger partial charge in [-0.3, -0.25) is 4.89 Å². The third-order valence-corrected chi connectivity index (χ3v) is 1.06. The predicted octanol–water partition coefficient (Wildman–Crippen LogP) is 0.742. The third kappa shape index (κ3) is 9.19. The van der Waals surface area contributed by atoms with Crippen molar-refractivity contribution >= 4 is 6.16 Å². The monoisotopic (exact) mass is 163 g/mol. The highest BCUT2D eigenvalue weighted by atomic mass is 17.2. The first kappa shape index (κ1) is 10.2. The van der Waals surface area contributed by atoms with Crippen LogP contribution in [-0.4, -0.2) is 24.4 Å². The average Bonchev–Trinajstić information content (AvgIpc) is 1.96. The van der Waals surface area contributed by atoms with E-state index in [1.54, 1.807) is 0 Å². The molecule has 11 heavy (non-hydrogen) atoms. The van der Waals surface area contributed by atoms with Crippen LogP contribution < -0.4 is 5.73 Å². The molecule has 0 fully saturated rings. The Morgan fingerprint density at radius 3 is 2.64 bits per heavy atom. The maximum Gasteiger partial charge on any atom is 0.537 e. The fourth-order valence-electron chi connectivity index (χ4n) is 0.574. The van der Waals surface area contributed by atoms with Crippen molar-refractivity contribution in [3.05, 3.63) is 0 Å². The summed E-state index contributed by atoms with van der Waals surface area (Å²) in [6, 6.07) is 0. The van der Waals surface area contributed by atoms with Gasteiger partial charge in [0.15, 0.2) is 0 Å². The van der Waals surface area contributed by atoms with Crippen LogP contribution in [0.1, 0.15) is 19.3 Å². The molecule has 0 atom stereocenters. The van der Waals surface area contributed by atoms with Gasteiger partial charge in [-0.05, 0) is 25.8 Å². The number of unbranched alkanes of at least 4 members (excludes halogenated alkanes) is 2. The van der Waals surface area contributed by atoms with Gasteiger partial charge in [-0.25, -0.2) is 4.79 Å². The number of carboxylic acid groups (broad SMARTS) is 1. The number of rotatable bonds is 6. The van der Waals surface area contributed by atoms with Crippen molar-refractivity contribution < 1.29 is 19.7 Å². The van der Waals surface area contributed by atoms with E-state index in [1.165, 1.54) is 0 Å². The predicted molar refractivity (Wildman–Crippen MR) is 38.0 cm³/mol. The summed E-state index contributed by atoms with van der Waals surface area (Å²) in [7, 11) is 0. The first-order valence-corrected chi connectivity index (χ1v) is 3.50. The Kier molecular flexibility index (Phi) is 6.76. The van der Waals surface area contributed by atoms with Gasteiger partial charge >= 0.3 is 6.16 Å². The fraction of sp³-hybridized carbons (Fsp3) is 0.833. The third-order valence-electron chi connectivity index (χ3n) is 1.06. The minimum absolute atomic E-state index is 0.298. The van der Waals surface area contributed by atoms with E-state index in [1.807, 2.05) is 0 Å². The Morgan fingerprint density at radius 1 is 1.36 bits per heavy atom. The highest BCUT2D eigenvalue weighted by Crippen LogP contribution is 1.94. The zero-order chi connectivity index (χ0) is 8.53. The van der Waals surface area contributed by atoms with Gasteiger partial charge in [0.1, 0.15) is 0 Å². The van der Waals surface area contributed by atoms with Crippen molar-refractivity contribution in [3.63, 3.8) is 0 Å². The molecule has 0 aliphatic rings. The largest absolute Gasteiger partial charge is 0.537 e. The summed E-state index contributed by atoms with van der Waals surface area (Å²) in [6.07, 6.45) is 1.21. The molecule has 0 aliphatic heterocycles. The minimum atomic E-state index is -1.41. The molecule has 0 bridgehead atoms. The second-order valence-electron chi connectivity index (χ2n) is 2.02. The van der Waals surface area contributed by atoms with Crippen molar-refractivity contribution in [1.82, 2.24) is 0 Å². The molecular weight excluding hydrogens is 150 g/mol. The van der Waals surface area contributed by atoms with Crippen LogP contribution in [0.4, 0.5) is 4.79 Å². The van der Waals surface area contributed by atoms with Gasteiger partial charge in [-0.15, -0.1) is 0 Å². The molecule has 0 aromatic rings. The lowest BCUT2D eigenvalue weighted by molar-refractivity contribution is -0.251. The van der Waals surface area contributed by atoms with Crippen molar-refractivity contribution in [3.8, 4) is 0 Å². The van der Waals surface area contributed by atoms with Crippen molar-refractivity contribution in [1.29, 1.82) is 0 Å². The number of hydrogen-bond acceptors (Lipinski definition) is 4. The summed E-state index contributed by atoms with van der Waals surface area (Å²) in [4.78, 5) is 17.8. The smallest absolute Gasteiger partial charge is 0.448 e. The van der Waals surface area contributed by atoms with E-state index in [0.717, 1.165) is 19.3 Å². The van der Waals surface area contributed by atoms with Crippen LogP contribution in [0.25, 0.3) is 0 Å². The van der Waals surface area contributed by atoms with Crippen LogP contribution in [0.5, 0.6) is 0 Å². The zero-order valence-corrected chi connectivity index (χ0v) is 6.28. The second-order valence-corrected chi connectivity index (χ2v) is 2.02. The van der Waals surface area contributed by atoms with Crippen molar-refractivity contribution in [2.75, 3.05) is 13.2 Å². The quantitative estimate of drug-likeness (QED) is 0.343. The molecule has 0 aromatic heterocycles. The molecule has 5 heteroatoms. The van der Waals surface area contributed by atoms with E-state index in [4.69, 9.17) is 10.8 Å². The van der Waals surface area contributed by atoms with Crippen molar-refractivity contribution in [2.24, 2.45) is 5.73 Å². The molecule has 0 saturated heterocycles. The van der Waals surface area contributed by atoms with Crippen LogP contribution in [0, 0.1) is 0 Å². The lowest BCUT2D eigenvalue weighted by Crippen LogP contribution is -2.04. The van der Waals surface area contributed by atoms with Gasteiger partial charge in [0.25, 0.3) is 0 Å². The summed E-state index contributed by atoms with van der Waals surface area (Å²) >= 11 is 0. The van der Waals surface area contributed by atoms with Crippen LogP contribution in [0.2, 0.25) is 0 Å². The maximum absolute atomic E-state index is 9.72. The summed E-state index contributed by atoms with van der Waals surface area (Å²) in [5.74, 6) is 0. The Bertz CT molecular complexity index is 107. The number of carbonyl (C=O) groups is 1. The van der Waals surface area contributed by atoms with E-state index in [0.29, 0.717) is 13.2 Å². The van der Waals surface area contributed by atoms with Gasteiger partial charge in [-0.1, -0.05) is 0 Å². The molecule has 0 radical (unpaired) electrons. The Balaban J connectivity index is 2.85. The zero-order valence-electron chi connectivity index (χ0n) is 6.28.